The molecule has 0 saturated carbocycles. The molecule has 0 spiro atoms. The van der Waals surface area contributed by atoms with Gasteiger partial charge in [0.15, 0.2) is 5.17 Å². The Kier molecular flexibility index (Phi) is 8.08. The normalized spacial score (nSPS) is 16.5. The second-order valence-electron chi connectivity index (χ2n) is 8.87. The first-order chi connectivity index (χ1) is 19.0. The van der Waals surface area contributed by atoms with Crippen LogP contribution in [0.5, 0.6) is 5.75 Å². The van der Waals surface area contributed by atoms with Gasteiger partial charge in [-0.2, -0.15) is 4.99 Å². The number of aliphatic imine (C=N–C) groups is 2. The Morgan fingerprint density at radius 2 is 1.97 bits per heavy atom. The molecule has 2 N–H and O–H groups in total. The van der Waals surface area contributed by atoms with Crippen molar-refractivity contribution in [3.8, 4) is 5.75 Å². The van der Waals surface area contributed by atoms with Crippen LogP contribution in [-0.2, 0) is 20.9 Å². The van der Waals surface area contributed by atoms with Gasteiger partial charge in [-0.25, -0.2) is 4.99 Å². The van der Waals surface area contributed by atoms with Crippen LogP contribution in [0.4, 0.5) is 11.4 Å². The first kappa shape index (κ1) is 26.6. The monoisotopic (exact) mass is 561 g/mol. The van der Waals surface area contributed by atoms with Crippen LogP contribution in [0.1, 0.15) is 30.2 Å². The molecular weight excluding hydrogens is 534 g/mol. The van der Waals surface area contributed by atoms with E-state index in [4.69, 9.17) is 9.73 Å². The number of fused-ring (bicyclic) bond motifs is 3. The van der Waals surface area contributed by atoms with Crippen molar-refractivity contribution in [2.24, 2.45) is 9.98 Å². The van der Waals surface area contributed by atoms with Gasteiger partial charge >= 0.3 is 0 Å². The number of methoxy groups -OCH3 is 1. The lowest BCUT2D eigenvalue weighted by molar-refractivity contribution is -0.126. The lowest BCUT2D eigenvalue weighted by Gasteiger charge is -2.32. The summed E-state index contributed by atoms with van der Waals surface area (Å²) in [6, 6.07) is 17.6. The lowest BCUT2D eigenvalue weighted by atomic mass is 10.1. The van der Waals surface area contributed by atoms with Crippen LogP contribution in [0.25, 0.3) is 0 Å². The summed E-state index contributed by atoms with van der Waals surface area (Å²) in [5.41, 5.74) is 1.99. The Balaban J connectivity index is 1.37. The van der Waals surface area contributed by atoms with E-state index in [1.807, 2.05) is 48.7 Å². The van der Waals surface area contributed by atoms with Crippen LogP contribution in [0, 0.1) is 0 Å². The number of hydrogen-bond donors (Lipinski definition) is 2. The minimum absolute atomic E-state index is 0.0776. The Labute approximate surface area is 234 Å². The molecule has 3 aromatic rings. The van der Waals surface area contributed by atoms with Crippen LogP contribution in [-0.4, -0.2) is 52.0 Å². The zero-order valence-corrected chi connectivity index (χ0v) is 23.1. The molecule has 3 amide bonds. The standard InChI is InChI=1S/C28H27N5O4S2/c1-3-23(27(36)30-17-8-6-9-18(14-17)37-2)39-28-31-21-12-5-4-11-20(21)25-32-26(35)22(33(25)28)15-24(34)29-16-19-10-7-13-38-19/h4-14,22-23H,3,15-16H2,1-2H3,(H,29,34)(H,30,36). The van der Waals surface area contributed by atoms with Crippen LogP contribution in [0.2, 0.25) is 0 Å². The summed E-state index contributed by atoms with van der Waals surface area (Å²) in [4.78, 5) is 51.1. The maximum atomic E-state index is 13.3. The fourth-order valence-electron chi connectivity index (χ4n) is 4.30. The third kappa shape index (κ3) is 5.89. The maximum Gasteiger partial charge on any atom is 0.271 e. The fourth-order valence-corrected chi connectivity index (χ4v) is 6.01. The van der Waals surface area contributed by atoms with Crippen molar-refractivity contribution in [3.05, 3.63) is 76.5 Å². The number of amides is 3. The number of nitrogens with zero attached hydrogens (tertiary/aromatic N) is 3. The van der Waals surface area contributed by atoms with Gasteiger partial charge in [0.25, 0.3) is 5.91 Å². The van der Waals surface area contributed by atoms with E-state index < -0.39 is 17.2 Å². The fraction of sp³-hybridized carbons (Fsp3) is 0.250. The van der Waals surface area contributed by atoms with E-state index in [2.05, 4.69) is 15.6 Å². The highest BCUT2D eigenvalue weighted by Crippen LogP contribution is 2.36. The number of carbonyl (C=O) groups excluding carboxylic acids is 3. The molecule has 2 atom stereocenters. The molecule has 39 heavy (non-hydrogen) atoms. The summed E-state index contributed by atoms with van der Waals surface area (Å²) in [5.74, 6) is 0.219. The van der Waals surface area contributed by atoms with E-state index in [9.17, 15) is 14.4 Å². The van der Waals surface area contributed by atoms with E-state index in [0.29, 0.717) is 46.7 Å². The molecule has 5 rings (SSSR count). The first-order valence-corrected chi connectivity index (χ1v) is 14.2. The second kappa shape index (κ2) is 11.8. The zero-order chi connectivity index (χ0) is 27.4. The third-order valence-corrected chi connectivity index (χ3v) is 8.48. The number of para-hydroxylation sites is 1. The number of anilines is 1. The summed E-state index contributed by atoms with van der Waals surface area (Å²) in [7, 11) is 1.57. The first-order valence-electron chi connectivity index (χ1n) is 12.5. The molecule has 2 aliphatic heterocycles. The number of nitrogens with one attached hydrogen (secondary N) is 2. The third-order valence-electron chi connectivity index (χ3n) is 6.27. The Bertz CT molecular complexity index is 1450. The van der Waals surface area contributed by atoms with Gasteiger partial charge in [-0.15, -0.1) is 11.3 Å². The number of amidine groups is 2. The van der Waals surface area contributed by atoms with Gasteiger partial charge in [0.2, 0.25) is 11.8 Å². The maximum absolute atomic E-state index is 13.3. The van der Waals surface area contributed by atoms with E-state index in [1.165, 1.54) is 11.8 Å². The summed E-state index contributed by atoms with van der Waals surface area (Å²) in [6.07, 6.45) is 0.438. The molecule has 200 valence electrons. The average molecular weight is 562 g/mol. The van der Waals surface area contributed by atoms with Gasteiger partial charge in [0.05, 0.1) is 31.0 Å². The minimum atomic E-state index is -0.845. The number of ether oxygens (including phenoxy) is 1. The Hall–Kier alpha value is -3.96. The van der Waals surface area contributed by atoms with Gasteiger partial charge in [0, 0.05) is 22.2 Å². The molecule has 0 bridgehead atoms. The number of thioether (sulfide) groups is 1. The molecule has 0 saturated heterocycles. The predicted molar refractivity (Wildman–Crippen MR) is 155 cm³/mol. The molecule has 9 nitrogen and oxygen atoms in total. The van der Waals surface area contributed by atoms with Crippen molar-refractivity contribution in [2.45, 2.75) is 37.6 Å². The number of rotatable bonds is 9. The van der Waals surface area contributed by atoms with Gasteiger partial charge in [0.1, 0.15) is 17.6 Å². The van der Waals surface area contributed by atoms with E-state index in [0.717, 1.165) is 4.88 Å². The van der Waals surface area contributed by atoms with E-state index in [-0.39, 0.29) is 18.2 Å². The van der Waals surface area contributed by atoms with Crippen molar-refractivity contribution in [1.82, 2.24) is 10.2 Å². The zero-order valence-electron chi connectivity index (χ0n) is 21.4. The molecule has 3 heterocycles. The molecule has 11 heteroatoms. The molecule has 0 fully saturated rings. The summed E-state index contributed by atoms with van der Waals surface area (Å²) >= 11 is 2.81. The van der Waals surface area contributed by atoms with E-state index >= 15 is 0 Å². The highest BCUT2D eigenvalue weighted by atomic mass is 32.2. The van der Waals surface area contributed by atoms with Crippen molar-refractivity contribution in [1.29, 1.82) is 0 Å². The van der Waals surface area contributed by atoms with Crippen molar-refractivity contribution in [3.63, 3.8) is 0 Å². The summed E-state index contributed by atoms with van der Waals surface area (Å²) in [6.45, 7) is 2.31. The smallest absolute Gasteiger partial charge is 0.271 e. The summed E-state index contributed by atoms with van der Waals surface area (Å²) in [5, 5.41) is 7.73. The van der Waals surface area contributed by atoms with Crippen molar-refractivity contribution < 1.29 is 19.1 Å². The molecule has 2 aromatic carbocycles. The largest absolute Gasteiger partial charge is 0.497 e. The van der Waals surface area contributed by atoms with Gasteiger partial charge < -0.3 is 15.4 Å². The molecule has 0 radical (unpaired) electrons. The molecular formula is C28H27N5O4S2. The number of carbonyl (C=O) groups is 3. The molecule has 2 aliphatic rings. The number of benzene rings is 2. The molecule has 2 unspecified atom stereocenters. The minimum Gasteiger partial charge on any atom is -0.497 e. The lowest BCUT2D eigenvalue weighted by Crippen LogP contribution is -2.46. The van der Waals surface area contributed by atoms with Gasteiger partial charge in [-0.1, -0.05) is 43.0 Å². The van der Waals surface area contributed by atoms with E-state index in [1.54, 1.807) is 47.6 Å². The average Bonchev–Trinajstić information content (AvgIpc) is 3.58. The second-order valence-corrected chi connectivity index (χ2v) is 11.1. The van der Waals surface area contributed by atoms with Crippen LogP contribution < -0.4 is 15.4 Å². The van der Waals surface area contributed by atoms with Crippen LogP contribution >= 0.6 is 23.1 Å². The highest BCUT2D eigenvalue weighted by Gasteiger charge is 2.43. The SMILES string of the molecule is CCC(SC1=Nc2ccccc2C2=NC(=O)C(CC(=O)NCc3cccs3)N12)C(=O)Nc1cccc(OC)c1. The van der Waals surface area contributed by atoms with Crippen LogP contribution in [0.3, 0.4) is 0 Å². The predicted octanol–water partition coefficient (Wildman–Crippen LogP) is 4.57. The van der Waals surface area contributed by atoms with Crippen molar-refractivity contribution >= 4 is 63.2 Å². The summed E-state index contributed by atoms with van der Waals surface area (Å²) < 4.78 is 5.26. The Morgan fingerprint density at radius 1 is 1.13 bits per heavy atom. The van der Waals surface area contributed by atoms with Crippen LogP contribution in [0.15, 0.2) is 76.0 Å². The van der Waals surface area contributed by atoms with Crippen molar-refractivity contribution in [2.75, 3.05) is 12.4 Å². The molecule has 1 aromatic heterocycles. The van der Waals surface area contributed by atoms with Gasteiger partial charge in [-0.3, -0.25) is 19.3 Å². The quantitative estimate of drug-likeness (QED) is 0.396. The molecule has 0 aliphatic carbocycles. The highest BCUT2D eigenvalue weighted by molar-refractivity contribution is 8.15. The van der Waals surface area contributed by atoms with Gasteiger partial charge in [-0.05, 0) is 42.1 Å². The Morgan fingerprint density at radius 3 is 2.74 bits per heavy atom. The number of hydrogen-bond acceptors (Lipinski definition) is 8. The topological polar surface area (TPSA) is 112 Å². The number of thiophene rings is 1.